The molecule has 0 aliphatic carbocycles. The molecule has 0 aromatic rings. The maximum atomic E-state index is 11.3. The average Bonchev–Trinajstić information content (AvgIpc) is 2.02. The Labute approximate surface area is 78.6 Å². The quantitative estimate of drug-likeness (QED) is 0.623. The molecule has 0 aromatic heterocycles. The van der Waals surface area contributed by atoms with E-state index in [2.05, 4.69) is 0 Å². The largest absolute Gasteiger partial charge is 0.384 e. The molecule has 12 heavy (non-hydrogen) atoms. The van der Waals surface area contributed by atoms with Crippen LogP contribution in [0.3, 0.4) is 0 Å². The van der Waals surface area contributed by atoms with Crippen molar-refractivity contribution in [3.05, 3.63) is 0 Å². The van der Waals surface area contributed by atoms with Crippen LogP contribution in [0.1, 0.15) is 6.92 Å². The lowest BCUT2D eigenvalue weighted by Crippen LogP contribution is -2.35. The highest BCUT2D eigenvalue weighted by Crippen LogP contribution is 2.12. The number of alkyl halides is 1. The van der Waals surface area contributed by atoms with E-state index < -0.39 is 5.38 Å². The van der Waals surface area contributed by atoms with Crippen LogP contribution >= 0.6 is 11.6 Å². The highest BCUT2D eigenvalue weighted by molar-refractivity contribution is 6.30. The van der Waals surface area contributed by atoms with Crippen molar-refractivity contribution >= 4 is 17.5 Å². The van der Waals surface area contributed by atoms with E-state index in [1.807, 2.05) is 6.92 Å². The van der Waals surface area contributed by atoms with Gasteiger partial charge in [0.25, 0.3) is 0 Å². The first-order chi connectivity index (χ1) is 5.50. The number of methoxy groups -OCH3 is 1. The topological polar surface area (TPSA) is 29.5 Å². The summed E-state index contributed by atoms with van der Waals surface area (Å²) in [5.74, 6) is -0.0206. The van der Waals surface area contributed by atoms with Gasteiger partial charge in [-0.3, -0.25) is 4.79 Å². The van der Waals surface area contributed by atoms with Crippen molar-refractivity contribution in [2.24, 2.45) is 5.92 Å². The molecule has 0 aromatic carbocycles. The van der Waals surface area contributed by atoms with E-state index in [1.165, 1.54) is 4.90 Å². The van der Waals surface area contributed by atoms with Gasteiger partial charge in [0.2, 0.25) is 5.91 Å². The molecule has 0 bridgehead atoms. The third-order valence-corrected chi connectivity index (χ3v) is 2.22. The predicted molar refractivity (Wildman–Crippen MR) is 49.4 cm³/mol. The SMILES string of the molecule is COCC(C)C(Cl)C(=O)N(C)C. The van der Waals surface area contributed by atoms with E-state index in [4.69, 9.17) is 16.3 Å². The van der Waals surface area contributed by atoms with Gasteiger partial charge in [0.1, 0.15) is 5.38 Å². The van der Waals surface area contributed by atoms with E-state index in [-0.39, 0.29) is 11.8 Å². The molecule has 0 saturated carbocycles. The molecule has 2 atom stereocenters. The first-order valence-corrected chi connectivity index (χ1v) is 4.28. The molecule has 72 valence electrons. The van der Waals surface area contributed by atoms with Gasteiger partial charge in [-0.05, 0) is 0 Å². The van der Waals surface area contributed by atoms with Gasteiger partial charge < -0.3 is 9.64 Å². The van der Waals surface area contributed by atoms with Gasteiger partial charge in [-0.15, -0.1) is 11.6 Å². The van der Waals surface area contributed by atoms with Crippen LogP contribution < -0.4 is 0 Å². The summed E-state index contributed by atoms with van der Waals surface area (Å²) in [5.41, 5.74) is 0. The fraction of sp³-hybridized carbons (Fsp3) is 0.875. The molecule has 4 heteroatoms. The highest BCUT2D eigenvalue weighted by Gasteiger charge is 2.23. The first-order valence-electron chi connectivity index (χ1n) is 3.84. The molecule has 0 aliphatic heterocycles. The van der Waals surface area contributed by atoms with Gasteiger partial charge in [-0.2, -0.15) is 0 Å². The van der Waals surface area contributed by atoms with Crippen LogP contribution in [-0.4, -0.2) is 44.0 Å². The third-order valence-electron chi connectivity index (χ3n) is 1.61. The maximum Gasteiger partial charge on any atom is 0.240 e. The van der Waals surface area contributed by atoms with Crippen LogP contribution in [0, 0.1) is 5.92 Å². The van der Waals surface area contributed by atoms with Crippen molar-refractivity contribution in [2.45, 2.75) is 12.3 Å². The number of hydrogen-bond acceptors (Lipinski definition) is 2. The van der Waals surface area contributed by atoms with Gasteiger partial charge in [0.15, 0.2) is 0 Å². The van der Waals surface area contributed by atoms with Gasteiger partial charge in [0.05, 0.1) is 6.61 Å². The minimum absolute atomic E-state index is 0.0477. The lowest BCUT2D eigenvalue weighted by atomic mass is 10.1. The summed E-state index contributed by atoms with van der Waals surface area (Å²) in [6.45, 7) is 2.40. The van der Waals surface area contributed by atoms with Crippen molar-refractivity contribution < 1.29 is 9.53 Å². The smallest absolute Gasteiger partial charge is 0.240 e. The molecule has 0 radical (unpaired) electrons. The van der Waals surface area contributed by atoms with E-state index in [1.54, 1.807) is 21.2 Å². The van der Waals surface area contributed by atoms with Crippen LogP contribution in [-0.2, 0) is 9.53 Å². The van der Waals surface area contributed by atoms with Crippen LogP contribution in [0.4, 0.5) is 0 Å². The first kappa shape index (κ1) is 11.7. The zero-order valence-electron chi connectivity index (χ0n) is 8.00. The molecular formula is C8H16ClNO2. The van der Waals surface area contributed by atoms with E-state index in [0.717, 1.165) is 0 Å². The number of halogens is 1. The summed E-state index contributed by atoms with van der Waals surface area (Å²) < 4.78 is 4.90. The average molecular weight is 194 g/mol. The van der Waals surface area contributed by atoms with E-state index >= 15 is 0 Å². The second-order valence-corrected chi connectivity index (χ2v) is 3.54. The maximum absolute atomic E-state index is 11.3. The number of nitrogens with zero attached hydrogens (tertiary/aromatic N) is 1. The van der Waals surface area contributed by atoms with Crippen LogP contribution in [0.2, 0.25) is 0 Å². The van der Waals surface area contributed by atoms with Crippen molar-refractivity contribution in [1.82, 2.24) is 4.90 Å². The van der Waals surface area contributed by atoms with E-state index in [0.29, 0.717) is 6.61 Å². The normalized spacial score (nSPS) is 15.4. The zero-order valence-corrected chi connectivity index (χ0v) is 8.76. The second-order valence-electron chi connectivity index (χ2n) is 3.07. The fourth-order valence-corrected chi connectivity index (χ4v) is 1.11. The Bertz CT molecular complexity index is 150. The van der Waals surface area contributed by atoms with Crippen LogP contribution in [0.5, 0.6) is 0 Å². The Balaban J connectivity index is 4.00. The number of ether oxygens (including phenoxy) is 1. The summed E-state index contributed by atoms with van der Waals surface area (Å²) in [4.78, 5) is 12.8. The molecule has 0 spiro atoms. The predicted octanol–water partition coefficient (Wildman–Crippen LogP) is 0.964. The Hall–Kier alpha value is -0.280. The summed E-state index contributed by atoms with van der Waals surface area (Å²) in [6.07, 6.45) is 0. The third kappa shape index (κ3) is 3.41. The molecule has 0 heterocycles. The number of hydrogen-bond donors (Lipinski definition) is 0. The monoisotopic (exact) mass is 193 g/mol. The lowest BCUT2D eigenvalue weighted by Gasteiger charge is -2.19. The Morgan fingerprint density at radius 2 is 2.08 bits per heavy atom. The minimum atomic E-state index is -0.486. The molecule has 3 nitrogen and oxygen atoms in total. The second kappa shape index (κ2) is 5.38. The van der Waals surface area contributed by atoms with Crippen LogP contribution in [0.15, 0.2) is 0 Å². The van der Waals surface area contributed by atoms with Gasteiger partial charge in [-0.1, -0.05) is 6.92 Å². The van der Waals surface area contributed by atoms with Crippen molar-refractivity contribution in [3.8, 4) is 0 Å². The Morgan fingerprint density at radius 3 is 2.42 bits per heavy atom. The van der Waals surface area contributed by atoms with Gasteiger partial charge >= 0.3 is 0 Å². The minimum Gasteiger partial charge on any atom is -0.384 e. The number of rotatable bonds is 4. The molecule has 0 saturated heterocycles. The Kier molecular flexibility index (Phi) is 5.25. The van der Waals surface area contributed by atoms with E-state index in [9.17, 15) is 4.79 Å². The molecule has 1 amide bonds. The summed E-state index contributed by atoms with van der Waals surface area (Å²) in [5, 5.41) is -0.486. The molecule has 0 rings (SSSR count). The molecule has 2 unspecified atom stereocenters. The summed E-state index contributed by atoms with van der Waals surface area (Å²) in [6, 6.07) is 0. The Morgan fingerprint density at radius 1 is 1.58 bits per heavy atom. The van der Waals surface area contributed by atoms with Crippen molar-refractivity contribution in [3.63, 3.8) is 0 Å². The number of carbonyl (C=O) groups excluding carboxylic acids is 1. The summed E-state index contributed by atoms with van der Waals surface area (Å²) >= 11 is 5.88. The van der Waals surface area contributed by atoms with Crippen molar-refractivity contribution in [2.75, 3.05) is 27.8 Å². The van der Waals surface area contributed by atoms with Crippen molar-refractivity contribution in [1.29, 1.82) is 0 Å². The van der Waals surface area contributed by atoms with Crippen LogP contribution in [0.25, 0.3) is 0 Å². The molecule has 0 aliphatic rings. The summed E-state index contributed by atoms with van der Waals surface area (Å²) in [7, 11) is 4.98. The zero-order chi connectivity index (χ0) is 9.72. The fourth-order valence-electron chi connectivity index (χ4n) is 0.837. The molecule has 0 fully saturated rings. The number of carbonyl (C=O) groups is 1. The van der Waals surface area contributed by atoms with Gasteiger partial charge in [-0.25, -0.2) is 0 Å². The standard InChI is InChI=1S/C8H16ClNO2/c1-6(5-12-4)7(9)8(11)10(2)3/h6-7H,5H2,1-4H3. The lowest BCUT2D eigenvalue weighted by molar-refractivity contribution is -0.129. The number of amides is 1. The van der Waals surface area contributed by atoms with Gasteiger partial charge in [0, 0.05) is 27.1 Å². The highest BCUT2D eigenvalue weighted by atomic mass is 35.5. The molecular weight excluding hydrogens is 178 g/mol. The molecule has 0 N–H and O–H groups in total.